The Morgan fingerprint density at radius 1 is 1.41 bits per heavy atom. The summed E-state index contributed by atoms with van der Waals surface area (Å²) in [6.07, 6.45) is 0.376. The maximum Gasteiger partial charge on any atom is 0.326 e. The Morgan fingerprint density at radius 2 is 2.00 bits per heavy atom. The van der Waals surface area contributed by atoms with E-state index >= 15 is 0 Å². The van der Waals surface area contributed by atoms with Crippen molar-refractivity contribution in [3.8, 4) is 5.75 Å². The number of pyridine rings is 1. The first-order valence-electron chi connectivity index (χ1n) is 5.48. The molecule has 0 aliphatic carbocycles. The van der Waals surface area contributed by atoms with E-state index in [1.54, 1.807) is 6.92 Å². The van der Waals surface area contributed by atoms with Crippen LogP contribution < -0.4 is 5.56 Å². The van der Waals surface area contributed by atoms with Gasteiger partial charge in [-0.3, -0.25) is 9.36 Å². The molecule has 2 N–H and O–H groups in total. The molecule has 94 valence electrons. The summed E-state index contributed by atoms with van der Waals surface area (Å²) in [6, 6.07) is 1.53. The van der Waals surface area contributed by atoms with Crippen molar-refractivity contribution in [1.29, 1.82) is 0 Å². The van der Waals surface area contributed by atoms with Gasteiger partial charge >= 0.3 is 5.97 Å². The molecule has 0 fully saturated rings. The van der Waals surface area contributed by atoms with Crippen LogP contribution in [0.4, 0.5) is 0 Å². The molecule has 0 bridgehead atoms. The molecule has 1 aromatic rings. The topological polar surface area (TPSA) is 79.5 Å². The number of carbonyl (C=O) groups is 1. The van der Waals surface area contributed by atoms with Gasteiger partial charge in [-0.05, 0) is 25.3 Å². The zero-order valence-electron chi connectivity index (χ0n) is 10.2. The van der Waals surface area contributed by atoms with Crippen LogP contribution in [0.15, 0.2) is 16.9 Å². The van der Waals surface area contributed by atoms with E-state index in [4.69, 9.17) is 0 Å². The predicted octanol–water partition coefficient (Wildman–Crippen LogP) is 1.53. The van der Waals surface area contributed by atoms with Crippen LogP contribution in [-0.4, -0.2) is 20.7 Å². The molecule has 1 heterocycles. The number of hydrogen-bond acceptors (Lipinski definition) is 3. The van der Waals surface area contributed by atoms with Crippen LogP contribution in [0.3, 0.4) is 0 Å². The van der Waals surface area contributed by atoms with Crippen molar-refractivity contribution >= 4 is 5.97 Å². The highest BCUT2D eigenvalue weighted by atomic mass is 16.4. The molecule has 5 nitrogen and oxygen atoms in total. The van der Waals surface area contributed by atoms with Crippen molar-refractivity contribution < 1.29 is 15.0 Å². The van der Waals surface area contributed by atoms with Crippen LogP contribution in [0.1, 0.15) is 32.0 Å². The molecule has 0 saturated heterocycles. The zero-order valence-corrected chi connectivity index (χ0v) is 10.2. The summed E-state index contributed by atoms with van der Waals surface area (Å²) in [6.45, 7) is 5.41. The van der Waals surface area contributed by atoms with E-state index in [-0.39, 0.29) is 11.7 Å². The van der Waals surface area contributed by atoms with Gasteiger partial charge in [0.2, 0.25) is 0 Å². The summed E-state index contributed by atoms with van der Waals surface area (Å²) in [5.41, 5.74) is -0.0430. The Bertz CT molecular complexity index is 476. The van der Waals surface area contributed by atoms with E-state index in [2.05, 4.69) is 0 Å². The normalized spacial score (nSPS) is 12.7. The summed E-state index contributed by atoms with van der Waals surface area (Å²) >= 11 is 0. The molecule has 0 radical (unpaired) electrons. The number of aromatic nitrogens is 1. The fourth-order valence-electron chi connectivity index (χ4n) is 1.86. The standard InChI is InChI=1S/C12H17NO4/c1-7(2)4-10(12(16)17)13-8(3)5-9(14)6-11(13)15/h5-7,10,14H,4H2,1-3H3,(H,16,17). The molecule has 5 heteroatoms. The molecule has 0 aromatic carbocycles. The highest BCUT2D eigenvalue weighted by Crippen LogP contribution is 2.19. The molecular weight excluding hydrogens is 222 g/mol. The summed E-state index contributed by atoms with van der Waals surface area (Å²) in [7, 11) is 0. The number of carboxylic acid groups (broad SMARTS) is 1. The van der Waals surface area contributed by atoms with Crippen molar-refractivity contribution in [3.63, 3.8) is 0 Å². The Kier molecular flexibility index (Phi) is 3.93. The maximum atomic E-state index is 11.7. The Hall–Kier alpha value is -1.78. The van der Waals surface area contributed by atoms with Gasteiger partial charge in [-0.25, -0.2) is 4.79 Å². The summed E-state index contributed by atoms with van der Waals surface area (Å²) in [5.74, 6) is -1.01. The lowest BCUT2D eigenvalue weighted by atomic mass is 10.0. The second-order valence-electron chi connectivity index (χ2n) is 4.55. The fraction of sp³-hybridized carbons (Fsp3) is 0.500. The van der Waals surface area contributed by atoms with Crippen LogP contribution in [0.2, 0.25) is 0 Å². The molecule has 1 unspecified atom stereocenters. The van der Waals surface area contributed by atoms with Gasteiger partial charge in [0.15, 0.2) is 0 Å². The second-order valence-corrected chi connectivity index (χ2v) is 4.55. The molecule has 0 aliphatic rings. The van der Waals surface area contributed by atoms with E-state index in [0.717, 1.165) is 6.07 Å². The van der Waals surface area contributed by atoms with Crippen molar-refractivity contribution in [2.24, 2.45) is 5.92 Å². The van der Waals surface area contributed by atoms with Gasteiger partial charge in [0, 0.05) is 11.8 Å². The van der Waals surface area contributed by atoms with Gasteiger partial charge in [0.25, 0.3) is 5.56 Å². The Morgan fingerprint density at radius 3 is 2.41 bits per heavy atom. The molecule has 0 spiro atoms. The Labute approximate surface area is 99.3 Å². The Balaban J connectivity index is 3.28. The highest BCUT2D eigenvalue weighted by molar-refractivity contribution is 5.72. The number of rotatable bonds is 4. The molecule has 0 aliphatic heterocycles. The number of carboxylic acids is 1. The number of nitrogens with zero attached hydrogens (tertiary/aromatic N) is 1. The summed E-state index contributed by atoms with van der Waals surface area (Å²) < 4.78 is 1.21. The van der Waals surface area contributed by atoms with Gasteiger partial charge < -0.3 is 10.2 Å². The molecule has 1 rings (SSSR count). The van der Waals surface area contributed by atoms with Gasteiger partial charge in [0.1, 0.15) is 11.8 Å². The minimum absolute atomic E-state index is 0.141. The first-order chi connectivity index (χ1) is 7.82. The van der Waals surface area contributed by atoms with E-state index in [9.17, 15) is 19.8 Å². The van der Waals surface area contributed by atoms with E-state index in [0.29, 0.717) is 12.1 Å². The van der Waals surface area contributed by atoms with Gasteiger partial charge in [-0.1, -0.05) is 13.8 Å². The van der Waals surface area contributed by atoms with Crippen molar-refractivity contribution in [1.82, 2.24) is 4.57 Å². The summed E-state index contributed by atoms with van der Waals surface area (Å²) in [4.78, 5) is 22.9. The van der Waals surface area contributed by atoms with Gasteiger partial charge in [0.05, 0.1) is 0 Å². The van der Waals surface area contributed by atoms with Gasteiger partial charge in [-0.15, -0.1) is 0 Å². The number of aliphatic carboxylic acids is 1. The lowest BCUT2D eigenvalue weighted by molar-refractivity contribution is -0.141. The van der Waals surface area contributed by atoms with Crippen molar-refractivity contribution in [3.05, 3.63) is 28.2 Å². The highest BCUT2D eigenvalue weighted by Gasteiger charge is 2.23. The molecule has 17 heavy (non-hydrogen) atoms. The first-order valence-corrected chi connectivity index (χ1v) is 5.48. The van der Waals surface area contributed by atoms with Gasteiger partial charge in [-0.2, -0.15) is 0 Å². The zero-order chi connectivity index (χ0) is 13.2. The third-order valence-electron chi connectivity index (χ3n) is 2.54. The van der Waals surface area contributed by atoms with E-state index < -0.39 is 17.6 Å². The smallest absolute Gasteiger partial charge is 0.326 e. The third-order valence-corrected chi connectivity index (χ3v) is 2.54. The monoisotopic (exact) mass is 239 g/mol. The van der Waals surface area contributed by atoms with Crippen LogP contribution in [0.25, 0.3) is 0 Å². The average molecular weight is 239 g/mol. The lowest BCUT2D eigenvalue weighted by Crippen LogP contribution is -2.31. The van der Waals surface area contributed by atoms with E-state index in [1.807, 2.05) is 13.8 Å². The molecular formula is C12H17NO4. The molecule has 1 aromatic heterocycles. The largest absolute Gasteiger partial charge is 0.508 e. The average Bonchev–Trinajstić information content (AvgIpc) is 2.13. The van der Waals surface area contributed by atoms with Crippen molar-refractivity contribution in [2.45, 2.75) is 33.2 Å². The molecule has 0 amide bonds. The fourth-order valence-corrected chi connectivity index (χ4v) is 1.86. The van der Waals surface area contributed by atoms with Crippen LogP contribution in [-0.2, 0) is 4.79 Å². The minimum Gasteiger partial charge on any atom is -0.508 e. The quantitative estimate of drug-likeness (QED) is 0.835. The van der Waals surface area contributed by atoms with Crippen molar-refractivity contribution in [2.75, 3.05) is 0 Å². The van der Waals surface area contributed by atoms with Crippen LogP contribution in [0, 0.1) is 12.8 Å². The lowest BCUT2D eigenvalue weighted by Gasteiger charge is -2.20. The predicted molar refractivity (Wildman–Crippen MR) is 63.2 cm³/mol. The number of aromatic hydroxyl groups is 1. The SMILES string of the molecule is Cc1cc(O)cc(=O)n1C(CC(C)C)C(=O)O. The second kappa shape index (κ2) is 5.03. The van der Waals surface area contributed by atoms with E-state index in [1.165, 1.54) is 10.6 Å². The van der Waals surface area contributed by atoms with Crippen LogP contribution >= 0.6 is 0 Å². The first kappa shape index (κ1) is 13.3. The minimum atomic E-state index is -1.03. The summed E-state index contributed by atoms with van der Waals surface area (Å²) in [5, 5.41) is 18.4. The molecule has 0 saturated carbocycles. The molecule has 1 atom stereocenters. The van der Waals surface area contributed by atoms with Crippen LogP contribution in [0.5, 0.6) is 5.75 Å². The number of hydrogen-bond donors (Lipinski definition) is 2. The maximum absolute atomic E-state index is 11.7. The number of aryl methyl sites for hydroxylation is 1. The third kappa shape index (κ3) is 3.09.